The molecule has 0 bridgehead atoms. The van der Waals surface area contributed by atoms with Crippen LogP contribution < -0.4 is 146 Å². The maximum Gasteiger partial charge on any atom is 0.305 e. The predicted molar refractivity (Wildman–Crippen MR) is 558 cm³/mol. The SMILES string of the molecule is CCCCCCCCCCCCCCCC(=O)NC(CNC(CNC(C)C(=O)NCC(=O)NC(CCCNCN)C(=O)NC(CO)C(=O)NC(CC(=O)O)C(=O)NC(C(=O)NC(CCCNC(=N)N)C(=O)NC(CCC(N)=O)C(=O)NC(CCC(N)=O)C(=O)NC(Cc1ccc(O)cc1)C(=O)NC(CCCNC(=N)N)C(=O)NC(CCCCN)C(=O)NC(CC(C)C)C(=O)NC(CC(C)C)C(=O)NCC)C(C)O)CC(N)=O)C(C)O. The van der Waals surface area contributed by atoms with Crippen molar-refractivity contribution in [1.29, 1.82) is 10.8 Å². The molecule has 18 amide bonds. The molecule has 0 saturated heterocycles. The van der Waals surface area contributed by atoms with E-state index in [9.17, 15) is 112 Å². The largest absolute Gasteiger partial charge is 0.508 e. The Kier molecular flexibility index (Phi) is 69.8. The number of aliphatic carboxylic acids is 1. The molecule has 0 spiro atoms. The maximum atomic E-state index is 15.1. The lowest BCUT2D eigenvalue weighted by molar-refractivity contribution is -0.142. The molecular formula is C97H175N29O24. The second-order valence-corrected chi connectivity index (χ2v) is 38.4. The van der Waals surface area contributed by atoms with E-state index in [1.54, 1.807) is 20.8 Å². The van der Waals surface area contributed by atoms with Crippen LogP contribution >= 0.6 is 0 Å². The number of carboxylic acid groups (broad SMARTS) is 1. The van der Waals surface area contributed by atoms with Crippen LogP contribution in [0.25, 0.3) is 0 Å². The van der Waals surface area contributed by atoms with E-state index in [1.807, 2.05) is 13.8 Å². The number of nitrogens with two attached hydrogens (primary N) is 7. The normalized spacial score (nSPS) is 14.6. The van der Waals surface area contributed by atoms with Gasteiger partial charge >= 0.3 is 5.97 Å². The number of likely N-dealkylation sites (N-methyl/N-ethyl adjacent to an activating group) is 1. The minimum Gasteiger partial charge on any atom is -0.508 e. The molecule has 0 aliphatic heterocycles. The Balaban J connectivity index is 3.70. The quantitative estimate of drug-likeness (QED) is 0.0125. The van der Waals surface area contributed by atoms with Crippen LogP contribution in [-0.2, 0) is 97.5 Å². The van der Waals surface area contributed by atoms with Crippen molar-refractivity contribution in [2.75, 3.05) is 65.6 Å². The van der Waals surface area contributed by atoms with Crippen molar-refractivity contribution in [2.45, 2.75) is 371 Å². The van der Waals surface area contributed by atoms with Crippen LogP contribution in [-0.4, -0.2) is 318 Å². The van der Waals surface area contributed by atoms with Gasteiger partial charge in [-0.3, -0.25) is 102 Å². The number of primary amides is 3. The number of aromatic hydroxyl groups is 1. The lowest BCUT2D eigenvalue weighted by atomic mass is 9.99. The van der Waals surface area contributed by atoms with Gasteiger partial charge in [-0.15, -0.1) is 0 Å². The summed E-state index contributed by atoms with van der Waals surface area (Å²) >= 11 is 0. The van der Waals surface area contributed by atoms with E-state index in [0.29, 0.717) is 12.8 Å². The number of phenols is 1. The van der Waals surface area contributed by atoms with E-state index in [4.69, 9.17) is 51.0 Å². The number of guanidine groups is 2. The molecule has 1 aromatic rings. The molecule has 17 unspecified atom stereocenters. The van der Waals surface area contributed by atoms with Gasteiger partial charge in [-0.25, -0.2) is 0 Å². The summed E-state index contributed by atoms with van der Waals surface area (Å²) in [5, 5.41) is 119. The number of nitrogens with one attached hydrogen (secondary N) is 22. The molecule has 1 aromatic carbocycles. The second kappa shape index (κ2) is 77.5. The maximum absolute atomic E-state index is 15.1. The molecule has 53 nitrogen and oxygen atoms in total. The smallest absolute Gasteiger partial charge is 0.305 e. The van der Waals surface area contributed by atoms with Gasteiger partial charge in [0.05, 0.1) is 43.9 Å². The fraction of sp³-hybridized carbons (Fsp3) is 0.722. The van der Waals surface area contributed by atoms with Gasteiger partial charge in [-0.05, 0) is 160 Å². The first kappa shape index (κ1) is 135. The molecule has 41 N–H and O–H groups in total. The summed E-state index contributed by atoms with van der Waals surface area (Å²) in [6, 6.07) is -17.9. The minimum absolute atomic E-state index is 0.00378. The molecule has 0 aliphatic rings. The summed E-state index contributed by atoms with van der Waals surface area (Å²) in [6.45, 7) is 13.5. The minimum atomic E-state index is -2.22. The summed E-state index contributed by atoms with van der Waals surface area (Å²) in [6.07, 6.45) is 7.46. The summed E-state index contributed by atoms with van der Waals surface area (Å²) in [5.41, 5.74) is 39.5. The highest BCUT2D eigenvalue weighted by Gasteiger charge is 2.40. The highest BCUT2D eigenvalue weighted by molar-refractivity contribution is 6.01. The molecule has 0 saturated carbocycles. The number of benzene rings is 1. The van der Waals surface area contributed by atoms with Crippen LogP contribution in [0.1, 0.15) is 267 Å². The van der Waals surface area contributed by atoms with Gasteiger partial charge in [0.1, 0.15) is 78.3 Å². The second-order valence-electron chi connectivity index (χ2n) is 38.4. The zero-order valence-electron chi connectivity index (χ0n) is 88.5. The Morgan fingerprint density at radius 3 is 1.19 bits per heavy atom. The van der Waals surface area contributed by atoms with Crippen molar-refractivity contribution in [1.82, 2.24) is 106 Å². The number of hydrogen-bond donors (Lipinski definition) is 34. The van der Waals surface area contributed by atoms with Crippen molar-refractivity contribution in [2.24, 2.45) is 52.0 Å². The Hall–Kier alpha value is -12.8. The Morgan fingerprint density at radius 1 is 0.360 bits per heavy atom. The van der Waals surface area contributed by atoms with E-state index in [2.05, 4.69) is 113 Å². The van der Waals surface area contributed by atoms with Gasteiger partial charge in [0.25, 0.3) is 0 Å². The summed E-state index contributed by atoms with van der Waals surface area (Å²) < 4.78 is 0. The number of phenolic OH excluding ortho intramolecular Hbond substituents is 1. The number of carbonyl (C=O) groups excluding carboxylic acids is 18. The number of carbonyl (C=O) groups is 19. The summed E-state index contributed by atoms with van der Waals surface area (Å²) in [7, 11) is 0. The number of amides is 18. The van der Waals surface area contributed by atoms with Crippen LogP contribution in [0.3, 0.4) is 0 Å². The van der Waals surface area contributed by atoms with Crippen LogP contribution in [0.2, 0.25) is 0 Å². The third-order valence-corrected chi connectivity index (χ3v) is 24.0. The highest BCUT2D eigenvalue weighted by Crippen LogP contribution is 2.19. The van der Waals surface area contributed by atoms with Crippen molar-refractivity contribution in [3.05, 3.63) is 29.8 Å². The molecule has 0 fully saturated rings. The molecule has 0 aromatic heterocycles. The molecule has 852 valence electrons. The van der Waals surface area contributed by atoms with E-state index in [-0.39, 0.29) is 152 Å². The van der Waals surface area contributed by atoms with Crippen molar-refractivity contribution >= 4 is 124 Å². The number of carboxylic acids is 1. The Labute approximate surface area is 877 Å². The first-order valence-corrected chi connectivity index (χ1v) is 52.0. The molecule has 17 atom stereocenters. The monoisotopic (exact) mass is 2130 g/mol. The van der Waals surface area contributed by atoms with Crippen LogP contribution in [0.5, 0.6) is 5.75 Å². The van der Waals surface area contributed by atoms with Crippen molar-refractivity contribution in [3.63, 3.8) is 0 Å². The number of rotatable bonds is 85. The molecule has 150 heavy (non-hydrogen) atoms. The molecular weight excluding hydrogens is 1960 g/mol. The van der Waals surface area contributed by atoms with Crippen molar-refractivity contribution < 1.29 is 117 Å². The first-order valence-electron chi connectivity index (χ1n) is 52.0. The van der Waals surface area contributed by atoms with Gasteiger partial charge in [0, 0.05) is 77.5 Å². The first-order chi connectivity index (χ1) is 71.0. The van der Waals surface area contributed by atoms with Crippen molar-refractivity contribution in [3.8, 4) is 5.75 Å². The van der Waals surface area contributed by atoms with Crippen LogP contribution in [0.4, 0.5) is 0 Å². The fourth-order valence-electron chi connectivity index (χ4n) is 15.7. The van der Waals surface area contributed by atoms with E-state index in [1.165, 1.54) is 89.5 Å². The molecule has 0 heterocycles. The van der Waals surface area contributed by atoms with Crippen LogP contribution in [0, 0.1) is 22.7 Å². The van der Waals surface area contributed by atoms with Gasteiger partial charge in [-0.2, -0.15) is 0 Å². The number of aliphatic hydroxyl groups excluding tert-OH is 3. The highest BCUT2D eigenvalue weighted by atomic mass is 16.4. The lowest BCUT2D eigenvalue weighted by Crippen LogP contribution is -2.62. The standard InChI is InChI=1S/C97H175N29O24/c1-10-12-13-14-15-16-17-18-19-20-21-22-23-33-79(134)115-74(59(8)128)52-112-62(49-78(102)133)51-111-58(7)83(138)113-53-80(135)114-64(30-26-43-107-55-99)85(140)125-75(54-127)94(149)124-73(50-81(136)137)93(148)126-82(60(9)129)95(150)120-67(32-28-45-110-97(105)106)87(142)118-68(38-40-76(100)131)89(144)119-69(39-41-77(101)132)90(145)123-72(48-61-34-36-63(130)37-35-61)92(147)117-66(31-27-44-109-96(103)104)86(141)116-65(29-24-25-42-98)88(143)122-71(47-57(5)6)91(146)121-70(46-56(3)4)84(139)108-11-2/h34-37,56-60,62,64-75,82,107,111-112,127-130H,10-33,38-55,98-99H2,1-9H3,(H2,100,131)(H2,101,132)(H2,102,133)(H,108,139)(H,113,138)(H,114,135)(H,115,134)(H,116,141)(H,117,147)(H,118,142)(H,119,144)(H,120,150)(H,121,146)(H,122,143)(H,123,145)(H,124,149)(H,125,140)(H,126,148)(H,136,137)(H4,103,104,109)(H4,105,106,110). The van der Waals surface area contributed by atoms with Gasteiger partial charge in [0.15, 0.2) is 11.9 Å². The Bertz CT molecular complexity index is 4370. The number of aliphatic hydroxyl groups is 3. The van der Waals surface area contributed by atoms with E-state index >= 15 is 4.79 Å². The van der Waals surface area contributed by atoms with E-state index < -0.39 is 279 Å². The average molecular weight is 2130 g/mol. The van der Waals surface area contributed by atoms with Gasteiger partial charge < -0.3 is 172 Å². The van der Waals surface area contributed by atoms with E-state index in [0.717, 1.165) is 32.6 Å². The Morgan fingerprint density at radius 2 is 0.760 bits per heavy atom. The summed E-state index contributed by atoms with van der Waals surface area (Å²) in [5.74, 6) is -21.2. The molecule has 0 aliphatic carbocycles. The molecule has 1 rings (SSSR count). The predicted octanol–water partition coefficient (Wildman–Crippen LogP) is -6.42. The van der Waals surface area contributed by atoms with Crippen LogP contribution in [0.15, 0.2) is 24.3 Å². The zero-order valence-corrected chi connectivity index (χ0v) is 88.5. The summed E-state index contributed by atoms with van der Waals surface area (Å²) in [4.78, 5) is 263. The van der Waals surface area contributed by atoms with Gasteiger partial charge in [0.2, 0.25) is 106 Å². The third-order valence-electron chi connectivity index (χ3n) is 24.0. The average Bonchev–Trinajstić information content (AvgIpc) is 0.849. The zero-order chi connectivity index (χ0) is 113. The van der Waals surface area contributed by atoms with Gasteiger partial charge in [-0.1, -0.05) is 124 Å². The third kappa shape index (κ3) is 61.3. The lowest BCUT2D eigenvalue weighted by Gasteiger charge is -2.29. The fourth-order valence-corrected chi connectivity index (χ4v) is 15.7. The number of hydrogen-bond acceptors (Lipinski definition) is 30. The topological polar surface area (TPSA) is 896 Å². The molecule has 0 radical (unpaired) electrons. The number of unbranched alkanes of at least 4 members (excludes halogenated alkanes) is 13. The molecule has 53 heteroatoms.